The van der Waals surface area contributed by atoms with Crippen LogP contribution in [-0.4, -0.2) is 58.8 Å². The molecular formula is C19H27NO6. The standard InChI is InChI=1S/C19H27NO6/c1-3-15(2)19(21)20-16-4-5-17-18(14-16)26-13-11-24-9-7-22-6-8-23-10-12-25-17/h3-5,14H,6-13H2,1-2H3,(H,20,21)/b15-3+. The normalized spacial score (nSPS) is 17.7. The number of rotatable bonds is 2. The largest absolute Gasteiger partial charge is 0.487 e. The van der Waals surface area contributed by atoms with E-state index in [9.17, 15) is 4.79 Å². The fraction of sp³-hybridized carbons (Fsp3) is 0.526. The summed E-state index contributed by atoms with van der Waals surface area (Å²) in [4.78, 5) is 12.0. The van der Waals surface area contributed by atoms with E-state index in [0.717, 1.165) is 0 Å². The number of anilines is 1. The van der Waals surface area contributed by atoms with Crippen LogP contribution in [0.2, 0.25) is 0 Å². The molecule has 0 saturated carbocycles. The van der Waals surface area contributed by atoms with Gasteiger partial charge in [0.2, 0.25) is 0 Å². The minimum Gasteiger partial charge on any atom is -0.487 e. The molecule has 0 aromatic heterocycles. The van der Waals surface area contributed by atoms with Crippen molar-refractivity contribution in [1.82, 2.24) is 0 Å². The van der Waals surface area contributed by atoms with E-state index in [2.05, 4.69) is 5.32 Å². The number of carbonyl (C=O) groups excluding carboxylic acids is 1. The molecule has 7 heteroatoms. The van der Waals surface area contributed by atoms with E-state index >= 15 is 0 Å². The van der Waals surface area contributed by atoms with Crippen molar-refractivity contribution in [3.63, 3.8) is 0 Å². The van der Waals surface area contributed by atoms with Crippen LogP contribution >= 0.6 is 0 Å². The van der Waals surface area contributed by atoms with Crippen LogP contribution in [0, 0.1) is 0 Å². The summed E-state index contributed by atoms with van der Waals surface area (Å²) in [6.07, 6.45) is 1.76. The lowest BCUT2D eigenvalue weighted by Crippen LogP contribution is -2.13. The van der Waals surface area contributed by atoms with Crippen LogP contribution in [0.15, 0.2) is 29.8 Å². The van der Waals surface area contributed by atoms with Crippen LogP contribution in [-0.2, 0) is 19.0 Å². The van der Waals surface area contributed by atoms with E-state index in [0.29, 0.717) is 75.6 Å². The molecule has 1 aromatic rings. The average Bonchev–Trinajstić information content (AvgIpc) is 2.66. The quantitative estimate of drug-likeness (QED) is 0.812. The summed E-state index contributed by atoms with van der Waals surface area (Å²) in [6.45, 7) is 7.33. The number of carbonyl (C=O) groups is 1. The molecule has 0 spiro atoms. The van der Waals surface area contributed by atoms with Gasteiger partial charge in [-0.1, -0.05) is 6.08 Å². The highest BCUT2D eigenvalue weighted by molar-refractivity contribution is 6.03. The summed E-state index contributed by atoms with van der Waals surface area (Å²) in [5.41, 5.74) is 1.29. The van der Waals surface area contributed by atoms with Crippen LogP contribution in [0.5, 0.6) is 11.5 Å². The Bertz CT molecular complexity index is 602. The molecule has 0 radical (unpaired) electrons. The highest BCUT2D eigenvalue weighted by atomic mass is 16.6. The van der Waals surface area contributed by atoms with Crippen LogP contribution in [0.25, 0.3) is 0 Å². The zero-order chi connectivity index (χ0) is 18.6. The summed E-state index contributed by atoms with van der Waals surface area (Å²) in [5, 5.41) is 2.84. The second kappa shape index (κ2) is 11.5. The van der Waals surface area contributed by atoms with Gasteiger partial charge in [-0.05, 0) is 26.0 Å². The Morgan fingerprint density at radius 1 is 0.885 bits per heavy atom. The highest BCUT2D eigenvalue weighted by Gasteiger charge is 2.10. The Morgan fingerprint density at radius 3 is 2.00 bits per heavy atom. The molecule has 1 aliphatic heterocycles. The van der Waals surface area contributed by atoms with Gasteiger partial charge in [-0.15, -0.1) is 0 Å². The average molecular weight is 365 g/mol. The van der Waals surface area contributed by atoms with Gasteiger partial charge in [0.1, 0.15) is 13.2 Å². The summed E-state index contributed by atoms with van der Waals surface area (Å²) >= 11 is 0. The number of hydrogen-bond acceptors (Lipinski definition) is 6. The summed E-state index contributed by atoms with van der Waals surface area (Å²) in [7, 11) is 0. The first-order valence-corrected chi connectivity index (χ1v) is 8.78. The molecule has 144 valence electrons. The monoisotopic (exact) mass is 365 g/mol. The zero-order valence-electron chi connectivity index (χ0n) is 15.4. The minimum absolute atomic E-state index is 0.151. The molecule has 0 bridgehead atoms. The third-order valence-corrected chi connectivity index (χ3v) is 3.71. The molecule has 1 aromatic carbocycles. The Kier molecular flexibility index (Phi) is 8.95. The molecule has 7 nitrogen and oxygen atoms in total. The number of fused-ring (bicyclic) bond motifs is 1. The van der Waals surface area contributed by atoms with Gasteiger partial charge in [-0.3, -0.25) is 4.79 Å². The van der Waals surface area contributed by atoms with E-state index in [4.69, 9.17) is 23.7 Å². The van der Waals surface area contributed by atoms with E-state index in [1.54, 1.807) is 31.2 Å². The maximum atomic E-state index is 12.0. The van der Waals surface area contributed by atoms with Gasteiger partial charge in [0.05, 0.1) is 39.6 Å². The Labute approximate surface area is 154 Å². The van der Waals surface area contributed by atoms with Crippen molar-refractivity contribution in [2.24, 2.45) is 0 Å². The number of nitrogens with one attached hydrogen (secondary N) is 1. The minimum atomic E-state index is -0.151. The molecular weight excluding hydrogens is 338 g/mol. The fourth-order valence-electron chi connectivity index (χ4n) is 2.14. The lowest BCUT2D eigenvalue weighted by molar-refractivity contribution is -0.112. The smallest absolute Gasteiger partial charge is 0.250 e. The third kappa shape index (κ3) is 7.03. The Hall–Kier alpha value is -2.09. The Balaban J connectivity index is 2.04. The van der Waals surface area contributed by atoms with Crippen molar-refractivity contribution in [2.45, 2.75) is 13.8 Å². The summed E-state index contributed by atoms with van der Waals surface area (Å²) in [6, 6.07) is 5.30. The van der Waals surface area contributed by atoms with Crippen molar-refractivity contribution in [3.05, 3.63) is 29.8 Å². The molecule has 1 amide bonds. The molecule has 0 aliphatic carbocycles. The van der Waals surface area contributed by atoms with Gasteiger partial charge in [0.15, 0.2) is 11.5 Å². The fourth-order valence-corrected chi connectivity index (χ4v) is 2.14. The SMILES string of the molecule is C/C=C(\C)C(=O)Nc1ccc2c(c1)OCCOCCOCCOCCO2. The van der Waals surface area contributed by atoms with E-state index in [1.807, 2.05) is 6.92 Å². The van der Waals surface area contributed by atoms with Crippen molar-refractivity contribution in [3.8, 4) is 11.5 Å². The first kappa shape index (κ1) is 20.2. The van der Waals surface area contributed by atoms with Crippen LogP contribution in [0.4, 0.5) is 5.69 Å². The second-order valence-electron chi connectivity index (χ2n) is 5.62. The lowest BCUT2D eigenvalue weighted by Gasteiger charge is -2.15. The lowest BCUT2D eigenvalue weighted by atomic mass is 10.2. The molecule has 1 heterocycles. The molecule has 0 saturated heterocycles. The maximum absolute atomic E-state index is 12.0. The van der Waals surface area contributed by atoms with Gasteiger partial charge < -0.3 is 29.0 Å². The molecule has 2 rings (SSSR count). The van der Waals surface area contributed by atoms with Crippen LogP contribution < -0.4 is 14.8 Å². The zero-order valence-corrected chi connectivity index (χ0v) is 15.4. The third-order valence-electron chi connectivity index (χ3n) is 3.71. The van der Waals surface area contributed by atoms with Crippen molar-refractivity contribution in [1.29, 1.82) is 0 Å². The number of benzene rings is 1. The first-order chi connectivity index (χ1) is 12.7. The van der Waals surface area contributed by atoms with Gasteiger partial charge in [-0.2, -0.15) is 0 Å². The molecule has 0 atom stereocenters. The van der Waals surface area contributed by atoms with Crippen LogP contribution in [0.3, 0.4) is 0 Å². The van der Waals surface area contributed by atoms with Crippen molar-refractivity contribution < 1.29 is 28.5 Å². The van der Waals surface area contributed by atoms with Gasteiger partial charge in [-0.25, -0.2) is 0 Å². The van der Waals surface area contributed by atoms with Crippen molar-refractivity contribution >= 4 is 11.6 Å². The topological polar surface area (TPSA) is 75.3 Å². The number of ether oxygens (including phenoxy) is 5. The number of allylic oxidation sites excluding steroid dienone is 1. The first-order valence-electron chi connectivity index (χ1n) is 8.78. The van der Waals surface area contributed by atoms with Gasteiger partial charge in [0, 0.05) is 17.3 Å². The van der Waals surface area contributed by atoms with Crippen LogP contribution in [0.1, 0.15) is 13.8 Å². The maximum Gasteiger partial charge on any atom is 0.250 e. The molecule has 0 fully saturated rings. The predicted molar refractivity (Wildman–Crippen MR) is 97.9 cm³/mol. The van der Waals surface area contributed by atoms with E-state index in [1.165, 1.54) is 0 Å². The molecule has 26 heavy (non-hydrogen) atoms. The summed E-state index contributed by atoms with van der Waals surface area (Å²) < 4.78 is 27.8. The van der Waals surface area contributed by atoms with E-state index < -0.39 is 0 Å². The molecule has 1 N–H and O–H groups in total. The highest BCUT2D eigenvalue weighted by Crippen LogP contribution is 2.30. The van der Waals surface area contributed by atoms with Gasteiger partial charge in [0.25, 0.3) is 5.91 Å². The summed E-state index contributed by atoms with van der Waals surface area (Å²) in [5.74, 6) is 0.998. The second-order valence-corrected chi connectivity index (χ2v) is 5.62. The number of amides is 1. The molecule has 1 aliphatic rings. The molecule has 0 unspecified atom stereocenters. The predicted octanol–water partition coefficient (Wildman–Crippen LogP) is 2.41. The van der Waals surface area contributed by atoms with Gasteiger partial charge >= 0.3 is 0 Å². The van der Waals surface area contributed by atoms with Crippen molar-refractivity contribution in [2.75, 3.05) is 58.2 Å². The Morgan fingerprint density at radius 2 is 1.42 bits per heavy atom. The number of hydrogen-bond donors (Lipinski definition) is 1. The van der Waals surface area contributed by atoms with E-state index in [-0.39, 0.29) is 5.91 Å².